The van der Waals surface area contributed by atoms with Gasteiger partial charge in [0.05, 0.1) is 5.56 Å². The molecule has 0 aliphatic heterocycles. The van der Waals surface area contributed by atoms with Crippen LogP contribution in [0.4, 0.5) is 0 Å². The van der Waals surface area contributed by atoms with Crippen molar-refractivity contribution in [1.29, 1.82) is 0 Å². The SMILES string of the molecule is Cc1cc(C(=O)O)ccc1CCS. The van der Waals surface area contributed by atoms with E-state index in [2.05, 4.69) is 12.6 Å². The van der Waals surface area contributed by atoms with Gasteiger partial charge in [-0.15, -0.1) is 0 Å². The molecule has 0 radical (unpaired) electrons. The molecule has 1 aromatic carbocycles. The smallest absolute Gasteiger partial charge is 0.335 e. The van der Waals surface area contributed by atoms with E-state index in [0.717, 1.165) is 17.7 Å². The Morgan fingerprint density at radius 2 is 2.23 bits per heavy atom. The molecule has 0 fully saturated rings. The molecule has 70 valence electrons. The summed E-state index contributed by atoms with van der Waals surface area (Å²) < 4.78 is 0. The Kier molecular flexibility index (Phi) is 3.37. The average Bonchev–Trinajstić information content (AvgIpc) is 2.08. The van der Waals surface area contributed by atoms with Crippen LogP contribution in [0.25, 0.3) is 0 Å². The molecule has 0 amide bonds. The van der Waals surface area contributed by atoms with Crippen LogP contribution >= 0.6 is 12.6 Å². The predicted octanol–water partition coefficient (Wildman–Crippen LogP) is 2.17. The first kappa shape index (κ1) is 10.1. The minimum atomic E-state index is -0.875. The van der Waals surface area contributed by atoms with Crippen molar-refractivity contribution in [2.75, 3.05) is 5.75 Å². The predicted molar refractivity (Wildman–Crippen MR) is 55.7 cm³/mol. The monoisotopic (exact) mass is 196 g/mol. The molecule has 0 aliphatic rings. The largest absolute Gasteiger partial charge is 0.478 e. The lowest BCUT2D eigenvalue weighted by Gasteiger charge is -2.04. The number of carboxylic acid groups (broad SMARTS) is 1. The van der Waals surface area contributed by atoms with E-state index < -0.39 is 5.97 Å². The number of thiol groups is 1. The van der Waals surface area contributed by atoms with E-state index in [1.807, 2.05) is 13.0 Å². The zero-order valence-corrected chi connectivity index (χ0v) is 8.34. The zero-order chi connectivity index (χ0) is 9.84. The molecule has 13 heavy (non-hydrogen) atoms. The first-order valence-corrected chi connectivity index (χ1v) is 4.72. The van der Waals surface area contributed by atoms with Crippen LogP contribution in [0.15, 0.2) is 18.2 Å². The average molecular weight is 196 g/mol. The second-order valence-electron chi connectivity index (χ2n) is 2.92. The maximum absolute atomic E-state index is 10.6. The summed E-state index contributed by atoms with van der Waals surface area (Å²) in [6, 6.07) is 5.18. The number of aromatic carboxylic acids is 1. The number of hydrogen-bond donors (Lipinski definition) is 2. The van der Waals surface area contributed by atoms with Gasteiger partial charge in [0.15, 0.2) is 0 Å². The van der Waals surface area contributed by atoms with Crippen molar-refractivity contribution in [2.45, 2.75) is 13.3 Å². The van der Waals surface area contributed by atoms with Gasteiger partial charge in [0, 0.05) is 0 Å². The molecule has 1 N–H and O–H groups in total. The van der Waals surface area contributed by atoms with Gasteiger partial charge in [0.1, 0.15) is 0 Å². The molecule has 0 atom stereocenters. The molecule has 0 heterocycles. The fourth-order valence-corrected chi connectivity index (χ4v) is 1.47. The van der Waals surface area contributed by atoms with Gasteiger partial charge in [-0.2, -0.15) is 12.6 Å². The van der Waals surface area contributed by atoms with E-state index in [1.165, 1.54) is 5.56 Å². The van der Waals surface area contributed by atoms with Crippen molar-refractivity contribution in [3.05, 3.63) is 34.9 Å². The number of rotatable bonds is 3. The van der Waals surface area contributed by atoms with Gasteiger partial charge in [-0.25, -0.2) is 4.79 Å². The first-order chi connectivity index (χ1) is 6.15. The maximum Gasteiger partial charge on any atom is 0.335 e. The van der Waals surface area contributed by atoms with Crippen LogP contribution in [-0.2, 0) is 6.42 Å². The molecule has 3 heteroatoms. The van der Waals surface area contributed by atoms with Gasteiger partial charge in [-0.3, -0.25) is 0 Å². The molecule has 1 aromatic rings. The highest BCUT2D eigenvalue weighted by atomic mass is 32.1. The van der Waals surface area contributed by atoms with Crippen molar-refractivity contribution < 1.29 is 9.90 Å². The Hall–Kier alpha value is -0.960. The summed E-state index contributed by atoms with van der Waals surface area (Å²) in [5, 5.41) is 8.71. The molecule has 1 rings (SSSR count). The molecule has 0 bridgehead atoms. The lowest BCUT2D eigenvalue weighted by atomic mass is 10.0. The standard InChI is InChI=1S/C10H12O2S/c1-7-6-9(10(11)12)3-2-8(7)4-5-13/h2-3,6,13H,4-5H2,1H3,(H,11,12). The molecule has 0 unspecified atom stereocenters. The third-order valence-corrected chi connectivity index (χ3v) is 2.19. The lowest BCUT2D eigenvalue weighted by Crippen LogP contribution is -1.99. The number of aryl methyl sites for hydroxylation is 2. The van der Waals surface area contributed by atoms with E-state index in [1.54, 1.807) is 12.1 Å². The molecule has 0 saturated carbocycles. The molecule has 0 saturated heterocycles. The Labute approximate surface area is 83.0 Å². The fraction of sp³-hybridized carbons (Fsp3) is 0.300. The molecule has 2 nitrogen and oxygen atoms in total. The lowest BCUT2D eigenvalue weighted by molar-refractivity contribution is 0.0697. The highest BCUT2D eigenvalue weighted by molar-refractivity contribution is 7.80. The molecular weight excluding hydrogens is 184 g/mol. The van der Waals surface area contributed by atoms with Crippen LogP contribution < -0.4 is 0 Å². The normalized spacial score (nSPS) is 10.0. The van der Waals surface area contributed by atoms with Crippen LogP contribution in [0, 0.1) is 6.92 Å². The Balaban J connectivity index is 2.98. The van der Waals surface area contributed by atoms with Gasteiger partial charge in [0.25, 0.3) is 0 Å². The zero-order valence-electron chi connectivity index (χ0n) is 7.45. The van der Waals surface area contributed by atoms with Crippen LogP contribution in [0.2, 0.25) is 0 Å². The highest BCUT2D eigenvalue weighted by Crippen LogP contribution is 2.12. The number of hydrogen-bond acceptors (Lipinski definition) is 2. The van der Waals surface area contributed by atoms with Crippen molar-refractivity contribution in [2.24, 2.45) is 0 Å². The maximum atomic E-state index is 10.6. The van der Waals surface area contributed by atoms with E-state index in [-0.39, 0.29) is 0 Å². The van der Waals surface area contributed by atoms with Crippen molar-refractivity contribution in [1.82, 2.24) is 0 Å². The second kappa shape index (κ2) is 4.33. The van der Waals surface area contributed by atoms with E-state index >= 15 is 0 Å². The van der Waals surface area contributed by atoms with Gasteiger partial charge < -0.3 is 5.11 Å². The first-order valence-electron chi connectivity index (χ1n) is 4.09. The van der Waals surface area contributed by atoms with Gasteiger partial charge >= 0.3 is 5.97 Å². The third-order valence-electron chi connectivity index (χ3n) is 1.97. The topological polar surface area (TPSA) is 37.3 Å². The number of carbonyl (C=O) groups is 1. The van der Waals surface area contributed by atoms with Gasteiger partial charge in [-0.05, 0) is 42.4 Å². The molecule has 0 aromatic heterocycles. The van der Waals surface area contributed by atoms with Crippen LogP contribution in [0.5, 0.6) is 0 Å². The third kappa shape index (κ3) is 2.49. The summed E-state index contributed by atoms with van der Waals surface area (Å²) in [4.78, 5) is 10.6. The second-order valence-corrected chi connectivity index (χ2v) is 3.37. The number of carboxylic acids is 1. The van der Waals surface area contributed by atoms with E-state index in [9.17, 15) is 4.79 Å². The van der Waals surface area contributed by atoms with Crippen molar-refractivity contribution in [3.63, 3.8) is 0 Å². The minimum absolute atomic E-state index is 0.348. The summed E-state index contributed by atoms with van der Waals surface area (Å²) in [7, 11) is 0. The van der Waals surface area contributed by atoms with E-state index in [4.69, 9.17) is 5.11 Å². The summed E-state index contributed by atoms with van der Waals surface area (Å²) >= 11 is 4.13. The molecule has 0 spiro atoms. The summed E-state index contributed by atoms with van der Waals surface area (Å²) in [5.41, 5.74) is 2.54. The van der Waals surface area contributed by atoms with Crippen LogP contribution in [-0.4, -0.2) is 16.8 Å². The summed E-state index contributed by atoms with van der Waals surface area (Å²) in [5.74, 6) is -0.0895. The van der Waals surface area contributed by atoms with Crippen molar-refractivity contribution >= 4 is 18.6 Å². The summed E-state index contributed by atoms with van der Waals surface area (Å²) in [6.07, 6.45) is 0.884. The fourth-order valence-electron chi connectivity index (χ4n) is 1.23. The summed E-state index contributed by atoms with van der Waals surface area (Å²) in [6.45, 7) is 1.92. The van der Waals surface area contributed by atoms with E-state index in [0.29, 0.717) is 5.56 Å². The van der Waals surface area contributed by atoms with Crippen LogP contribution in [0.1, 0.15) is 21.5 Å². The van der Waals surface area contributed by atoms with Crippen molar-refractivity contribution in [3.8, 4) is 0 Å². The molecule has 0 aliphatic carbocycles. The Bertz CT molecular complexity index is 321. The van der Waals surface area contributed by atoms with Gasteiger partial charge in [-0.1, -0.05) is 6.07 Å². The quantitative estimate of drug-likeness (QED) is 0.727. The minimum Gasteiger partial charge on any atom is -0.478 e. The Morgan fingerprint density at radius 3 is 2.69 bits per heavy atom. The van der Waals surface area contributed by atoms with Crippen LogP contribution in [0.3, 0.4) is 0 Å². The van der Waals surface area contributed by atoms with Gasteiger partial charge in [0.2, 0.25) is 0 Å². The highest BCUT2D eigenvalue weighted by Gasteiger charge is 2.04. The molecular formula is C10H12O2S. The Morgan fingerprint density at radius 1 is 1.54 bits per heavy atom. The number of benzene rings is 1.